The molecular formula is C6H9Cl7Ru. The van der Waals surface area contributed by atoms with Crippen LogP contribution in [-0.2, 0) is 17.3 Å². The molecule has 14 heavy (non-hydrogen) atoms. The van der Waals surface area contributed by atoms with Gasteiger partial charge in [-0.1, -0.05) is 0 Å². The van der Waals surface area contributed by atoms with Crippen molar-refractivity contribution in [2.75, 3.05) is 0 Å². The van der Waals surface area contributed by atoms with E-state index in [9.17, 15) is 0 Å². The van der Waals surface area contributed by atoms with Crippen LogP contribution in [0.4, 0.5) is 0 Å². The number of hydrogen-bond donors (Lipinski definition) is 0. The quantitative estimate of drug-likeness (QED) is 0.268. The van der Waals surface area contributed by atoms with Crippen LogP contribution in [0.5, 0.6) is 0 Å². The molecule has 0 amide bonds. The van der Waals surface area contributed by atoms with Gasteiger partial charge in [-0.25, -0.2) is 0 Å². The Labute approximate surface area is 131 Å². The molecule has 0 bridgehead atoms. The van der Waals surface area contributed by atoms with E-state index in [4.69, 9.17) is 69.6 Å². The predicted molar refractivity (Wildman–Crippen MR) is 68.4 cm³/mol. The number of halogens is 7. The van der Waals surface area contributed by atoms with Gasteiger partial charge in [-0.15, -0.1) is 69.6 Å². The SMILES string of the molecule is [CH2-]C(Cl)Cl.[CH2-]C(Cl)Cl.[CH2-]C(Cl)Cl.[Cl][Ru+3]. The van der Waals surface area contributed by atoms with Gasteiger partial charge in [0.2, 0.25) is 0 Å². The fourth-order valence-corrected chi connectivity index (χ4v) is 0. The summed E-state index contributed by atoms with van der Waals surface area (Å²) in [6.45, 7) is 9.51. The van der Waals surface area contributed by atoms with Gasteiger partial charge in [-0.2, -0.15) is 0 Å². The van der Waals surface area contributed by atoms with Crippen LogP contribution in [-0.4, -0.2) is 14.5 Å². The van der Waals surface area contributed by atoms with Gasteiger partial charge in [-0.3, -0.25) is 0 Å². The van der Waals surface area contributed by atoms with Crippen molar-refractivity contribution < 1.29 is 17.3 Å². The molecule has 90 valence electrons. The summed E-state index contributed by atoms with van der Waals surface area (Å²) in [6, 6.07) is 0. The molecule has 0 unspecified atom stereocenters. The predicted octanol–water partition coefficient (Wildman–Crippen LogP) is 5.56. The van der Waals surface area contributed by atoms with Crippen molar-refractivity contribution in [3.05, 3.63) is 20.8 Å². The van der Waals surface area contributed by atoms with Crippen LogP contribution in [0.1, 0.15) is 0 Å². The van der Waals surface area contributed by atoms with E-state index < -0.39 is 14.5 Å². The first-order valence-corrected chi connectivity index (χ1v) is 7.52. The molecule has 0 aromatic heterocycles. The van der Waals surface area contributed by atoms with E-state index in [1.807, 2.05) is 17.3 Å². The molecule has 0 aliphatic rings. The molecule has 0 rings (SSSR count). The monoisotopic (exact) mass is 428 g/mol. The molecule has 0 saturated heterocycles. The minimum atomic E-state index is -0.472. The molecule has 0 fully saturated rings. The Bertz CT molecular complexity index is 46.7. The molecule has 0 nitrogen and oxygen atoms in total. The average molecular weight is 430 g/mol. The summed E-state index contributed by atoms with van der Waals surface area (Å²) in [7, 11) is 4.57. The third-order valence-corrected chi connectivity index (χ3v) is 0. The second-order valence-corrected chi connectivity index (χ2v) is 5.00. The molecule has 0 aliphatic heterocycles. The summed E-state index contributed by atoms with van der Waals surface area (Å²) in [5.74, 6) is 0. The summed E-state index contributed by atoms with van der Waals surface area (Å²) < 4.78 is 0. The summed E-state index contributed by atoms with van der Waals surface area (Å²) in [5.41, 5.74) is 0. The molecular weight excluding hydrogens is 421 g/mol. The molecule has 0 aliphatic carbocycles. The maximum absolute atomic E-state index is 4.93. The topological polar surface area (TPSA) is 0 Å². The molecule has 0 saturated carbocycles. The van der Waals surface area contributed by atoms with Crippen molar-refractivity contribution in [1.82, 2.24) is 0 Å². The fourth-order valence-electron chi connectivity index (χ4n) is 0. The van der Waals surface area contributed by atoms with Gasteiger partial charge in [0.15, 0.2) is 0 Å². The van der Waals surface area contributed by atoms with Crippen LogP contribution in [0.15, 0.2) is 0 Å². The van der Waals surface area contributed by atoms with Crippen LogP contribution >= 0.6 is 79.3 Å². The van der Waals surface area contributed by atoms with Gasteiger partial charge in [0.25, 0.3) is 0 Å². The fraction of sp³-hybridized carbons (Fsp3) is 0.500. The van der Waals surface area contributed by atoms with E-state index in [1.165, 1.54) is 0 Å². The van der Waals surface area contributed by atoms with Gasteiger partial charge in [0, 0.05) is 0 Å². The van der Waals surface area contributed by atoms with Crippen LogP contribution in [0.25, 0.3) is 0 Å². The first-order valence-electron chi connectivity index (χ1n) is 2.67. The van der Waals surface area contributed by atoms with Gasteiger partial charge >= 0.3 is 27.0 Å². The van der Waals surface area contributed by atoms with E-state index in [-0.39, 0.29) is 0 Å². The normalized spacial score (nSPS) is 8.07. The molecule has 0 radical (unpaired) electrons. The van der Waals surface area contributed by atoms with Crippen molar-refractivity contribution in [3.8, 4) is 0 Å². The van der Waals surface area contributed by atoms with E-state index >= 15 is 0 Å². The number of rotatable bonds is 0. The van der Waals surface area contributed by atoms with Crippen molar-refractivity contribution in [2.45, 2.75) is 14.5 Å². The van der Waals surface area contributed by atoms with Crippen molar-refractivity contribution in [2.24, 2.45) is 0 Å². The zero-order valence-corrected chi connectivity index (χ0v) is 13.9. The van der Waals surface area contributed by atoms with Crippen molar-refractivity contribution >= 4 is 79.3 Å². The van der Waals surface area contributed by atoms with E-state index in [1.54, 1.807) is 0 Å². The zero-order valence-electron chi connectivity index (χ0n) is 6.85. The first kappa shape index (κ1) is 25.5. The third-order valence-electron chi connectivity index (χ3n) is 0. The molecule has 0 N–H and O–H groups in total. The number of hydrogen-bond acceptors (Lipinski definition) is 0. The minimum absolute atomic E-state index is 0.472. The van der Waals surface area contributed by atoms with E-state index in [0.717, 1.165) is 0 Å². The van der Waals surface area contributed by atoms with Gasteiger partial charge in [-0.05, 0) is 14.5 Å². The van der Waals surface area contributed by atoms with Gasteiger partial charge < -0.3 is 20.8 Å². The Hall–Kier alpha value is 2.65. The van der Waals surface area contributed by atoms with Crippen LogP contribution < -0.4 is 0 Å². The third kappa shape index (κ3) is 388. The van der Waals surface area contributed by atoms with E-state index in [2.05, 4.69) is 30.5 Å². The van der Waals surface area contributed by atoms with Crippen molar-refractivity contribution in [3.63, 3.8) is 0 Å². The van der Waals surface area contributed by atoms with Gasteiger partial charge in [0.05, 0.1) is 0 Å². The summed E-state index contributed by atoms with van der Waals surface area (Å²) in [6.07, 6.45) is 0. The summed E-state index contributed by atoms with van der Waals surface area (Å²) >= 11 is 31.4. The Balaban J connectivity index is -0.0000000492. The summed E-state index contributed by atoms with van der Waals surface area (Å²) in [5, 5.41) is 0. The second kappa shape index (κ2) is 24.8. The molecule has 0 atom stereocenters. The van der Waals surface area contributed by atoms with Gasteiger partial charge in [0.1, 0.15) is 0 Å². The van der Waals surface area contributed by atoms with Crippen LogP contribution in [0, 0.1) is 20.8 Å². The average Bonchev–Trinajstić information content (AvgIpc) is 1.86. The second-order valence-electron chi connectivity index (χ2n) is 1.17. The molecule has 0 spiro atoms. The molecule has 0 aromatic rings. The number of alkyl halides is 6. The van der Waals surface area contributed by atoms with Crippen molar-refractivity contribution in [1.29, 1.82) is 0 Å². The Morgan fingerprint density at radius 3 is 0.571 bits per heavy atom. The Morgan fingerprint density at radius 1 is 0.571 bits per heavy atom. The van der Waals surface area contributed by atoms with E-state index in [0.29, 0.717) is 0 Å². The Kier molecular flexibility index (Phi) is 45.1. The molecule has 8 heteroatoms. The zero-order chi connectivity index (χ0) is 12.7. The maximum atomic E-state index is 4.93. The van der Waals surface area contributed by atoms with Crippen LogP contribution in [0.2, 0.25) is 0 Å². The molecule has 0 aromatic carbocycles. The van der Waals surface area contributed by atoms with Crippen LogP contribution in [0.3, 0.4) is 0 Å². The summed E-state index contributed by atoms with van der Waals surface area (Å²) in [4.78, 5) is -1.42. The first-order chi connectivity index (χ1) is 6.20. The Morgan fingerprint density at radius 2 is 0.571 bits per heavy atom. The molecule has 0 heterocycles. The standard InChI is InChI=1S/3C2H3Cl2.ClH.Ru/c3*1-2(3)4;;/h3*2H,1H2;1H;/q3*-1;;+4/p-1.